The minimum Gasteiger partial charge on any atom is -0.480 e. The van der Waals surface area contributed by atoms with Gasteiger partial charge in [-0.15, -0.1) is 0 Å². The molecule has 1 rings (SSSR count). The Morgan fingerprint density at radius 3 is 2.50 bits per heavy atom. The van der Waals surface area contributed by atoms with E-state index in [1.165, 1.54) is 4.90 Å². The van der Waals surface area contributed by atoms with Gasteiger partial charge < -0.3 is 9.84 Å². The van der Waals surface area contributed by atoms with Crippen molar-refractivity contribution in [2.45, 2.75) is 32.7 Å². The van der Waals surface area contributed by atoms with E-state index in [4.69, 9.17) is 9.84 Å². The molecule has 0 aromatic rings. The molecule has 1 atom stereocenters. The number of carboxylic acids is 1. The number of amides is 1. The summed E-state index contributed by atoms with van der Waals surface area (Å²) < 4.78 is 5.07. The fraction of sp³-hybridized carbons (Fsp3) is 0.769. The van der Waals surface area contributed by atoms with E-state index in [1.807, 2.05) is 6.92 Å². The Labute approximate surface area is 118 Å². The first-order valence-electron chi connectivity index (χ1n) is 6.89. The second-order valence-electron chi connectivity index (χ2n) is 4.77. The number of piperazine rings is 1. The molecule has 7 nitrogen and oxygen atoms in total. The lowest BCUT2D eigenvalue weighted by Crippen LogP contribution is -2.58. The van der Waals surface area contributed by atoms with E-state index in [1.54, 1.807) is 11.8 Å². The van der Waals surface area contributed by atoms with Crippen molar-refractivity contribution in [2.24, 2.45) is 0 Å². The highest BCUT2D eigenvalue weighted by molar-refractivity contribution is 5.87. The topological polar surface area (TPSA) is 87.2 Å². The molecule has 1 fully saturated rings. The number of hydrogen-bond donors (Lipinski definition) is 1. The lowest BCUT2D eigenvalue weighted by molar-refractivity contribution is -0.140. The number of carboxylic acid groups (broad SMARTS) is 1. The molecule has 1 amide bonds. The summed E-state index contributed by atoms with van der Waals surface area (Å²) >= 11 is 0. The van der Waals surface area contributed by atoms with E-state index in [9.17, 15) is 14.4 Å². The average molecular weight is 286 g/mol. The zero-order valence-corrected chi connectivity index (χ0v) is 12.0. The number of Topliss-reactive ketones (excluding diaryl/α,β-unsaturated/α-hetero) is 1. The predicted octanol–water partition coefficient (Wildman–Crippen LogP) is 0.583. The molecule has 0 bridgehead atoms. The van der Waals surface area contributed by atoms with Crippen molar-refractivity contribution in [2.75, 3.05) is 32.8 Å². The minimum atomic E-state index is -0.935. The molecule has 0 saturated carbocycles. The number of aliphatic carboxylic acids is 1. The predicted molar refractivity (Wildman–Crippen MR) is 71.5 cm³/mol. The second kappa shape index (κ2) is 7.84. The van der Waals surface area contributed by atoms with E-state index in [-0.39, 0.29) is 18.9 Å². The van der Waals surface area contributed by atoms with Crippen LogP contribution in [0.1, 0.15) is 26.7 Å². The molecule has 7 heteroatoms. The zero-order chi connectivity index (χ0) is 15.1. The zero-order valence-electron chi connectivity index (χ0n) is 12.0. The van der Waals surface area contributed by atoms with Gasteiger partial charge in [-0.25, -0.2) is 4.79 Å². The maximum atomic E-state index is 12.0. The maximum absolute atomic E-state index is 12.0. The number of carbonyl (C=O) groups is 3. The molecule has 0 spiro atoms. The number of rotatable bonds is 6. The molecule has 1 aliphatic heterocycles. The van der Waals surface area contributed by atoms with E-state index in [0.717, 1.165) is 6.42 Å². The van der Waals surface area contributed by atoms with Crippen LogP contribution in [0, 0.1) is 0 Å². The van der Waals surface area contributed by atoms with Gasteiger partial charge in [0.15, 0.2) is 5.78 Å². The average Bonchev–Trinajstić information content (AvgIpc) is 2.43. The summed E-state index contributed by atoms with van der Waals surface area (Å²) in [5, 5.41) is 8.81. The SMILES string of the molecule is CCCOC(=O)N1CCN(CC(=O)O)CC1C(=O)CC. The highest BCUT2D eigenvalue weighted by atomic mass is 16.6. The molecule has 0 aromatic heterocycles. The Bertz CT molecular complexity index is 372. The summed E-state index contributed by atoms with van der Waals surface area (Å²) in [6, 6.07) is -0.613. The van der Waals surface area contributed by atoms with Crippen LogP contribution in [0.4, 0.5) is 4.79 Å². The molecule has 0 aromatic carbocycles. The van der Waals surface area contributed by atoms with Gasteiger partial charge in [-0.2, -0.15) is 0 Å². The Balaban J connectivity index is 2.71. The normalized spacial score (nSPS) is 19.7. The molecule has 1 aliphatic rings. The van der Waals surface area contributed by atoms with Gasteiger partial charge in [-0.05, 0) is 6.42 Å². The maximum Gasteiger partial charge on any atom is 0.410 e. The van der Waals surface area contributed by atoms with Crippen molar-refractivity contribution >= 4 is 17.8 Å². The molecular weight excluding hydrogens is 264 g/mol. The third-order valence-corrected chi connectivity index (χ3v) is 3.21. The minimum absolute atomic E-state index is 0.0754. The van der Waals surface area contributed by atoms with Gasteiger partial charge in [0.1, 0.15) is 6.04 Å². The summed E-state index contributed by atoms with van der Waals surface area (Å²) in [4.78, 5) is 37.7. The fourth-order valence-corrected chi connectivity index (χ4v) is 2.18. The van der Waals surface area contributed by atoms with E-state index in [0.29, 0.717) is 26.1 Å². The van der Waals surface area contributed by atoms with Crippen LogP contribution in [0.2, 0.25) is 0 Å². The molecule has 1 unspecified atom stereocenters. The quantitative estimate of drug-likeness (QED) is 0.768. The van der Waals surface area contributed by atoms with Crippen LogP contribution < -0.4 is 0 Å². The van der Waals surface area contributed by atoms with Crippen LogP contribution in [-0.2, 0) is 14.3 Å². The van der Waals surface area contributed by atoms with E-state index < -0.39 is 18.1 Å². The fourth-order valence-electron chi connectivity index (χ4n) is 2.18. The molecule has 1 heterocycles. The first kappa shape index (κ1) is 16.4. The Kier molecular flexibility index (Phi) is 6.44. The van der Waals surface area contributed by atoms with Crippen LogP contribution in [0.3, 0.4) is 0 Å². The van der Waals surface area contributed by atoms with E-state index in [2.05, 4.69) is 0 Å². The van der Waals surface area contributed by atoms with Gasteiger partial charge in [0.25, 0.3) is 0 Å². The van der Waals surface area contributed by atoms with Crippen LogP contribution in [0.5, 0.6) is 0 Å². The molecule has 1 saturated heterocycles. The molecule has 0 aliphatic carbocycles. The first-order chi connectivity index (χ1) is 9.49. The van der Waals surface area contributed by atoms with Crippen molar-refractivity contribution in [1.82, 2.24) is 9.80 Å². The highest BCUT2D eigenvalue weighted by Gasteiger charge is 2.35. The van der Waals surface area contributed by atoms with Crippen LogP contribution in [-0.4, -0.2) is 71.6 Å². The molecule has 114 valence electrons. The number of ether oxygens (including phenoxy) is 1. The van der Waals surface area contributed by atoms with Gasteiger partial charge in [-0.1, -0.05) is 13.8 Å². The van der Waals surface area contributed by atoms with Gasteiger partial charge >= 0.3 is 12.1 Å². The molecular formula is C13H22N2O5. The van der Waals surface area contributed by atoms with Crippen molar-refractivity contribution < 1.29 is 24.2 Å². The molecule has 20 heavy (non-hydrogen) atoms. The summed E-state index contributed by atoms with van der Waals surface area (Å²) in [6.07, 6.45) is 0.536. The molecule has 1 N–H and O–H groups in total. The van der Waals surface area contributed by atoms with Gasteiger partial charge in [0.05, 0.1) is 13.2 Å². The molecule has 0 radical (unpaired) electrons. The second-order valence-corrected chi connectivity index (χ2v) is 4.77. The van der Waals surface area contributed by atoms with Crippen LogP contribution >= 0.6 is 0 Å². The Morgan fingerprint density at radius 1 is 1.25 bits per heavy atom. The first-order valence-corrected chi connectivity index (χ1v) is 6.89. The van der Waals surface area contributed by atoms with Crippen LogP contribution in [0.25, 0.3) is 0 Å². The monoisotopic (exact) mass is 286 g/mol. The summed E-state index contributed by atoms with van der Waals surface area (Å²) in [5.41, 5.74) is 0. The van der Waals surface area contributed by atoms with Gasteiger partial charge in [-0.3, -0.25) is 19.4 Å². The summed E-state index contributed by atoms with van der Waals surface area (Å²) in [7, 11) is 0. The van der Waals surface area contributed by atoms with Crippen molar-refractivity contribution in [1.29, 1.82) is 0 Å². The van der Waals surface area contributed by atoms with Crippen LogP contribution in [0.15, 0.2) is 0 Å². The number of nitrogens with zero attached hydrogens (tertiary/aromatic N) is 2. The Morgan fingerprint density at radius 2 is 1.95 bits per heavy atom. The smallest absolute Gasteiger partial charge is 0.410 e. The van der Waals surface area contributed by atoms with Crippen molar-refractivity contribution in [3.05, 3.63) is 0 Å². The summed E-state index contributed by atoms with van der Waals surface area (Å²) in [6.45, 7) is 4.82. The number of ketones is 1. The van der Waals surface area contributed by atoms with Gasteiger partial charge in [0.2, 0.25) is 0 Å². The van der Waals surface area contributed by atoms with E-state index >= 15 is 0 Å². The third kappa shape index (κ3) is 4.48. The van der Waals surface area contributed by atoms with Gasteiger partial charge in [0, 0.05) is 26.1 Å². The largest absolute Gasteiger partial charge is 0.480 e. The summed E-state index contributed by atoms with van der Waals surface area (Å²) in [5.74, 6) is -1.01. The lowest BCUT2D eigenvalue weighted by Gasteiger charge is -2.39. The lowest BCUT2D eigenvalue weighted by atomic mass is 10.1. The van der Waals surface area contributed by atoms with Crippen molar-refractivity contribution in [3.8, 4) is 0 Å². The third-order valence-electron chi connectivity index (χ3n) is 3.21. The Hall–Kier alpha value is -1.63. The number of hydrogen-bond acceptors (Lipinski definition) is 5. The number of carbonyl (C=O) groups excluding carboxylic acids is 2. The highest BCUT2D eigenvalue weighted by Crippen LogP contribution is 2.14. The van der Waals surface area contributed by atoms with Crippen molar-refractivity contribution in [3.63, 3.8) is 0 Å². The standard InChI is InChI=1S/C13H22N2O5/c1-3-7-20-13(19)15-6-5-14(9-12(17)18)8-10(15)11(16)4-2/h10H,3-9H2,1-2H3,(H,17,18).